The second-order valence-corrected chi connectivity index (χ2v) is 14.3. The summed E-state index contributed by atoms with van der Waals surface area (Å²) in [6.07, 6.45) is 1.22. The van der Waals surface area contributed by atoms with Gasteiger partial charge < -0.3 is 30.3 Å². The molecule has 4 aromatic carbocycles. The van der Waals surface area contributed by atoms with Crippen LogP contribution in [0.25, 0.3) is 11.1 Å². The maximum absolute atomic E-state index is 12.5. The summed E-state index contributed by atoms with van der Waals surface area (Å²) in [5, 5.41) is 26.7. The Hall–Kier alpha value is -4.38. The van der Waals surface area contributed by atoms with Crippen LogP contribution in [0.1, 0.15) is 92.8 Å². The molecule has 1 fully saturated rings. The van der Waals surface area contributed by atoms with Crippen LogP contribution in [0.2, 0.25) is 0 Å². The van der Waals surface area contributed by atoms with Crippen LogP contribution in [0.15, 0.2) is 103 Å². The Morgan fingerprint density at radius 1 is 0.811 bits per heavy atom. The van der Waals surface area contributed by atoms with Gasteiger partial charge in [0.15, 0.2) is 6.29 Å². The summed E-state index contributed by atoms with van der Waals surface area (Å²) in [6.45, 7) is 7.33. The van der Waals surface area contributed by atoms with E-state index in [1.807, 2.05) is 92.8 Å². The number of unbranched alkanes of at least 4 members (excludes halogenated alkanes) is 2. The van der Waals surface area contributed by atoms with E-state index in [4.69, 9.17) is 9.47 Å². The predicted molar refractivity (Wildman–Crippen MR) is 207 cm³/mol. The molecular formula is C44H55N3O6. The van der Waals surface area contributed by atoms with E-state index in [0.29, 0.717) is 26.1 Å². The minimum atomic E-state index is -0.651. The van der Waals surface area contributed by atoms with E-state index in [2.05, 4.69) is 46.7 Å². The zero-order chi connectivity index (χ0) is 37.7. The van der Waals surface area contributed by atoms with Crippen molar-refractivity contribution in [3.05, 3.63) is 131 Å². The van der Waals surface area contributed by atoms with Gasteiger partial charge in [-0.3, -0.25) is 14.5 Å². The molecule has 1 aliphatic rings. The lowest BCUT2D eigenvalue weighted by molar-refractivity contribution is -0.276. The topological polar surface area (TPSA) is 120 Å². The van der Waals surface area contributed by atoms with Gasteiger partial charge in [0.05, 0.1) is 24.9 Å². The smallest absolute Gasteiger partial charge is 0.220 e. The van der Waals surface area contributed by atoms with Gasteiger partial charge in [0.2, 0.25) is 11.8 Å². The zero-order valence-electron chi connectivity index (χ0n) is 31.4. The summed E-state index contributed by atoms with van der Waals surface area (Å²) >= 11 is 0. The molecule has 0 saturated carbocycles. The number of amides is 2. The Morgan fingerprint density at radius 3 is 2.25 bits per heavy atom. The Labute approximate surface area is 314 Å². The van der Waals surface area contributed by atoms with Crippen LogP contribution in [0.5, 0.6) is 0 Å². The summed E-state index contributed by atoms with van der Waals surface area (Å²) in [4.78, 5) is 25.7. The number of aliphatic hydroxyl groups excluding tert-OH is 2. The lowest BCUT2D eigenvalue weighted by atomic mass is 9.89. The monoisotopic (exact) mass is 721 g/mol. The Kier molecular flexibility index (Phi) is 14.7. The molecule has 1 saturated heterocycles. The molecule has 4 aromatic rings. The molecule has 53 heavy (non-hydrogen) atoms. The minimum absolute atomic E-state index is 0.00596. The molecule has 9 nitrogen and oxygen atoms in total. The van der Waals surface area contributed by atoms with Gasteiger partial charge in [0.1, 0.15) is 0 Å². The summed E-state index contributed by atoms with van der Waals surface area (Å²) in [5.41, 5.74) is 6.68. The molecule has 5 rings (SSSR count). The lowest BCUT2D eigenvalue weighted by Gasteiger charge is -2.43. The third kappa shape index (κ3) is 11.3. The molecule has 4 N–H and O–H groups in total. The van der Waals surface area contributed by atoms with Crippen LogP contribution < -0.4 is 10.6 Å². The fourth-order valence-electron chi connectivity index (χ4n) is 6.81. The van der Waals surface area contributed by atoms with E-state index >= 15 is 0 Å². The predicted octanol–water partition coefficient (Wildman–Crippen LogP) is 7.00. The summed E-state index contributed by atoms with van der Waals surface area (Å²) in [7, 11) is 2.02. The molecule has 1 aliphatic heterocycles. The SMILES string of the molecule is CC(=O)NCCCCCC(=O)NCc1cccc(-c2cccc([C@H]3O[C@@H](CN(C)[C@@H](C)[C@H](O)c4ccccc4)[C@@H](C)[C@@H](c4ccc(CO)cc4)O3)c2)c1. The van der Waals surface area contributed by atoms with E-state index in [1.54, 1.807) is 0 Å². The second kappa shape index (κ2) is 19.6. The Morgan fingerprint density at radius 2 is 1.53 bits per heavy atom. The number of benzene rings is 4. The average Bonchev–Trinajstić information content (AvgIpc) is 3.19. The summed E-state index contributed by atoms with van der Waals surface area (Å²) < 4.78 is 13.5. The molecule has 0 aliphatic carbocycles. The molecule has 2 amide bonds. The number of likely N-dealkylation sites (N-methyl/N-ethyl adjacent to an activating group) is 1. The van der Waals surface area contributed by atoms with Gasteiger partial charge in [0, 0.05) is 50.5 Å². The summed E-state index contributed by atoms with van der Waals surface area (Å²) in [5.74, 6) is -0.0208. The second-order valence-electron chi connectivity index (χ2n) is 14.3. The van der Waals surface area contributed by atoms with E-state index < -0.39 is 12.4 Å². The maximum atomic E-state index is 12.5. The van der Waals surface area contributed by atoms with Crippen LogP contribution >= 0.6 is 0 Å². The van der Waals surface area contributed by atoms with Gasteiger partial charge in [-0.2, -0.15) is 0 Å². The molecule has 0 radical (unpaired) electrons. The normalized spacial score (nSPS) is 19.8. The van der Waals surface area contributed by atoms with Crippen LogP contribution in [0.3, 0.4) is 0 Å². The van der Waals surface area contributed by atoms with E-state index in [1.165, 1.54) is 6.92 Å². The maximum Gasteiger partial charge on any atom is 0.220 e. The first-order chi connectivity index (χ1) is 25.6. The van der Waals surface area contributed by atoms with Crippen molar-refractivity contribution in [2.75, 3.05) is 20.1 Å². The van der Waals surface area contributed by atoms with Crippen molar-refractivity contribution in [3.63, 3.8) is 0 Å². The number of carbonyl (C=O) groups excluding carboxylic acids is 2. The van der Waals surface area contributed by atoms with E-state index in [0.717, 1.165) is 58.2 Å². The largest absolute Gasteiger partial charge is 0.392 e. The van der Waals surface area contributed by atoms with Gasteiger partial charge in [-0.1, -0.05) is 104 Å². The summed E-state index contributed by atoms with van der Waals surface area (Å²) in [6, 6.07) is 33.9. The highest BCUT2D eigenvalue weighted by Gasteiger charge is 2.39. The van der Waals surface area contributed by atoms with Gasteiger partial charge in [-0.25, -0.2) is 0 Å². The quantitative estimate of drug-likeness (QED) is 0.0867. The first-order valence-corrected chi connectivity index (χ1v) is 18.8. The van der Waals surface area contributed by atoms with Crippen molar-refractivity contribution < 1.29 is 29.3 Å². The van der Waals surface area contributed by atoms with Gasteiger partial charge >= 0.3 is 0 Å². The molecule has 6 atom stereocenters. The average molecular weight is 722 g/mol. The Bertz CT molecular complexity index is 1750. The highest BCUT2D eigenvalue weighted by molar-refractivity contribution is 5.76. The fraction of sp³-hybridized carbons (Fsp3) is 0.409. The molecule has 282 valence electrons. The number of hydrogen-bond acceptors (Lipinski definition) is 7. The van der Waals surface area contributed by atoms with Crippen molar-refractivity contribution in [1.82, 2.24) is 15.5 Å². The van der Waals surface area contributed by atoms with Gasteiger partial charge in [0.25, 0.3) is 0 Å². The molecule has 0 spiro atoms. The Balaban J connectivity index is 1.29. The molecular weight excluding hydrogens is 666 g/mol. The molecule has 1 heterocycles. The minimum Gasteiger partial charge on any atom is -0.392 e. The third-order valence-electron chi connectivity index (χ3n) is 10.2. The van der Waals surface area contributed by atoms with Gasteiger partial charge in [-0.05, 0) is 72.3 Å². The van der Waals surface area contributed by atoms with Crippen LogP contribution in [0.4, 0.5) is 0 Å². The zero-order valence-corrected chi connectivity index (χ0v) is 31.4. The molecule has 0 aromatic heterocycles. The number of ether oxygens (including phenoxy) is 2. The van der Waals surface area contributed by atoms with E-state index in [-0.39, 0.29) is 42.6 Å². The van der Waals surface area contributed by atoms with Crippen molar-refractivity contribution in [3.8, 4) is 11.1 Å². The molecule has 0 unspecified atom stereocenters. The number of rotatable bonds is 17. The third-order valence-corrected chi connectivity index (χ3v) is 10.2. The van der Waals surface area contributed by atoms with Crippen molar-refractivity contribution in [1.29, 1.82) is 0 Å². The van der Waals surface area contributed by atoms with Crippen molar-refractivity contribution in [2.45, 2.75) is 90.2 Å². The number of hydrogen-bond donors (Lipinski definition) is 4. The lowest BCUT2D eigenvalue weighted by Crippen LogP contribution is -2.46. The fourth-order valence-corrected chi connectivity index (χ4v) is 6.81. The number of carbonyl (C=O) groups is 2. The van der Waals surface area contributed by atoms with Crippen molar-refractivity contribution >= 4 is 11.8 Å². The van der Waals surface area contributed by atoms with Crippen LogP contribution in [-0.4, -0.2) is 59.2 Å². The number of nitrogens with zero attached hydrogens (tertiary/aromatic N) is 1. The highest BCUT2D eigenvalue weighted by Crippen LogP contribution is 2.42. The van der Waals surface area contributed by atoms with Gasteiger partial charge in [-0.15, -0.1) is 0 Å². The van der Waals surface area contributed by atoms with E-state index in [9.17, 15) is 19.8 Å². The van der Waals surface area contributed by atoms with Crippen molar-refractivity contribution in [2.24, 2.45) is 5.92 Å². The van der Waals surface area contributed by atoms with Crippen LogP contribution in [0, 0.1) is 5.92 Å². The highest BCUT2D eigenvalue weighted by atomic mass is 16.7. The number of aliphatic hydroxyl groups is 2. The molecule has 9 heteroatoms. The molecule has 0 bridgehead atoms. The number of nitrogens with one attached hydrogen (secondary N) is 2. The van der Waals surface area contributed by atoms with Crippen LogP contribution in [-0.2, 0) is 32.2 Å². The standard InChI is InChI=1S/C44H55N3O6/c1-30-40(28-47(4)31(2)42(51)35-14-7-5-8-15-35)52-44(53-43(30)36-22-20-33(29-48)21-23-36)39-18-12-17-38(26-39)37-16-11-13-34(25-37)27-46-41(50)19-9-6-10-24-45-32(3)49/h5,7-8,11-18,20-23,25-26,30-31,40,42-44,48,51H,6,9-10,19,24,27-29H2,1-4H3,(H,45,49)(H,46,50)/t30-,31+,40+,42+,43+,44+/m1/s1. The first kappa shape index (κ1) is 39.8. The first-order valence-electron chi connectivity index (χ1n) is 18.8.